The molecule has 0 radical (unpaired) electrons. The molecule has 0 aliphatic carbocycles. The number of hydrogen-bond donors (Lipinski definition) is 1. The minimum Gasteiger partial charge on any atom is -0.253 e. The molecular formula is C9H22N2. The van der Waals surface area contributed by atoms with Crippen LogP contribution in [-0.4, -0.2) is 24.6 Å². The molecule has 2 heteroatoms. The summed E-state index contributed by atoms with van der Waals surface area (Å²) in [6.07, 6.45) is 1.26. The van der Waals surface area contributed by atoms with Gasteiger partial charge in [0.15, 0.2) is 0 Å². The molecule has 0 aromatic heterocycles. The van der Waals surface area contributed by atoms with E-state index < -0.39 is 0 Å². The summed E-state index contributed by atoms with van der Waals surface area (Å²) in [6.45, 7) is 9.96. The van der Waals surface area contributed by atoms with Crippen molar-refractivity contribution in [3.8, 4) is 0 Å². The molecule has 0 saturated carbocycles. The summed E-state index contributed by atoms with van der Waals surface area (Å²) in [6, 6.07) is 0.548. The Morgan fingerprint density at radius 1 is 1.18 bits per heavy atom. The van der Waals surface area contributed by atoms with Crippen molar-refractivity contribution in [3.05, 3.63) is 0 Å². The molecule has 0 fully saturated rings. The van der Waals surface area contributed by atoms with E-state index in [9.17, 15) is 0 Å². The molecule has 0 rings (SSSR count). The van der Waals surface area contributed by atoms with Gasteiger partial charge in [-0.25, -0.2) is 5.01 Å². The van der Waals surface area contributed by atoms with Crippen LogP contribution in [0.1, 0.15) is 34.1 Å². The van der Waals surface area contributed by atoms with Gasteiger partial charge in [0.2, 0.25) is 0 Å². The van der Waals surface area contributed by atoms with Crippen LogP contribution in [0.25, 0.3) is 0 Å². The summed E-state index contributed by atoms with van der Waals surface area (Å²) < 4.78 is 0. The van der Waals surface area contributed by atoms with Crippen LogP contribution in [0.4, 0.5) is 0 Å². The summed E-state index contributed by atoms with van der Waals surface area (Å²) >= 11 is 0. The van der Waals surface area contributed by atoms with Gasteiger partial charge in [0.25, 0.3) is 0 Å². The standard InChI is InChI=1S/C9H22N2/c1-8(2)6-7-11(5)10-9(3)4/h8-10H,6-7H2,1-5H3. The van der Waals surface area contributed by atoms with Crippen molar-refractivity contribution in [2.75, 3.05) is 13.6 Å². The van der Waals surface area contributed by atoms with E-state index in [-0.39, 0.29) is 0 Å². The maximum absolute atomic E-state index is 3.33. The molecule has 2 nitrogen and oxygen atoms in total. The third-order valence-electron chi connectivity index (χ3n) is 1.52. The van der Waals surface area contributed by atoms with Crippen LogP contribution < -0.4 is 5.43 Å². The van der Waals surface area contributed by atoms with Gasteiger partial charge in [-0.1, -0.05) is 13.8 Å². The summed E-state index contributed by atoms with van der Waals surface area (Å²) in [7, 11) is 2.10. The molecule has 0 bridgehead atoms. The van der Waals surface area contributed by atoms with Crippen molar-refractivity contribution >= 4 is 0 Å². The van der Waals surface area contributed by atoms with E-state index in [1.54, 1.807) is 0 Å². The molecule has 68 valence electrons. The summed E-state index contributed by atoms with van der Waals surface area (Å²) in [5.41, 5.74) is 3.33. The first-order chi connectivity index (χ1) is 5.02. The summed E-state index contributed by atoms with van der Waals surface area (Å²) in [4.78, 5) is 0. The number of nitrogens with one attached hydrogen (secondary N) is 1. The predicted octanol–water partition coefficient (Wildman–Crippen LogP) is 1.88. The first kappa shape index (κ1) is 10.9. The molecule has 0 saturated heterocycles. The van der Waals surface area contributed by atoms with Crippen LogP contribution in [0.15, 0.2) is 0 Å². The van der Waals surface area contributed by atoms with E-state index in [1.165, 1.54) is 6.42 Å². The molecule has 0 atom stereocenters. The fourth-order valence-electron chi connectivity index (χ4n) is 0.957. The predicted molar refractivity (Wildman–Crippen MR) is 50.4 cm³/mol. The highest BCUT2D eigenvalue weighted by Crippen LogP contribution is 1.99. The van der Waals surface area contributed by atoms with Crippen LogP contribution in [0, 0.1) is 5.92 Å². The van der Waals surface area contributed by atoms with E-state index in [1.807, 2.05) is 0 Å². The Kier molecular flexibility index (Phi) is 5.51. The molecule has 0 aliphatic rings. The van der Waals surface area contributed by atoms with Crippen LogP contribution >= 0.6 is 0 Å². The Hall–Kier alpha value is -0.0800. The Bertz CT molecular complexity index is 89.6. The first-order valence-electron chi connectivity index (χ1n) is 4.49. The maximum atomic E-state index is 3.33. The monoisotopic (exact) mass is 158 g/mol. The van der Waals surface area contributed by atoms with Crippen molar-refractivity contribution < 1.29 is 0 Å². The minimum absolute atomic E-state index is 0.548. The molecule has 0 aromatic carbocycles. The molecular weight excluding hydrogens is 136 g/mol. The lowest BCUT2D eigenvalue weighted by atomic mass is 10.1. The molecule has 0 aliphatic heterocycles. The Balaban J connectivity index is 3.29. The molecule has 0 aromatic rings. The fourth-order valence-corrected chi connectivity index (χ4v) is 0.957. The highest BCUT2D eigenvalue weighted by molar-refractivity contribution is 4.52. The van der Waals surface area contributed by atoms with Gasteiger partial charge in [0.05, 0.1) is 0 Å². The van der Waals surface area contributed by atoms with Gasteiger partial charge < -0.3 is 0 Å². The number of nitrogens with zero attached hydrogens (tertiary/aromatic N) is 1. The molecule has 0 spiro atoms. The van der Waals surface area contributed by atoms with Crippen LogP contribution in [0.2, 0.25) is 0 Å². The first-order valence-corrected chi connectivity index (χ1v) is 4.49. The smallest absolute Gasteiger partial charge is 0.0158 e. The topological polar surface area (TPSA) is 15.3 Å². The largest absolute Gasteiger partial charge is 0.253 e. The zero-order valence-electron chi connectivity index (χ0n) is 8.52. The normalized spacial score (nSPS) is 12.0. The SMILES string of the molecule is CC(C)CCN(C)NC(C)C. The number of hydrogen-bond acceptors (Lipinski definition) is 2. The van der Waals surface area contributed by atoms with E-state index in [2.05, 4.69) is 45.2 Å². The highest BCUT2D eigenvalue weighted by Gasteiger charge is 2.00. The molecule has 0 amide bonds. The molecule has 11 heavy (non-hydrogen) atoms. The Morgan fingerprint density at radius 2 is 1.73 bits per heavy atom. The zero-order chi connectivity index (χ0) is 8.85. The van der Waals surface area contributed by atoms with Gasteiger partial charge in [-0.15, -0.1) is 0 Å². The highest BCUT2D eigenvalue weighted by atomic mass is 15.5. The van der Waals surface area contributed by atoms with Gasteiger partial charge >= 0.3 is 0 Å². The van der Waals surface area contributed by atoms with Crippen molar-refractivity contribution in [1.29, 1.82) is 0 Å². The van der Waals surface area contributed by atoms with Crippen molar-refractivity contribution in [1.82, 2.24) is 10.4 Å². The van der Waals surface area contributed by atoms with E-state index >= 15 is 0 Å². The third kappa shape index (κ3) is 7.82. The van der Waals surface area contributed by atoms with Gasteiger partial charge in [0.1, 0.15) is 0 Å². The maximum Gasteiger partial charge on any atom is 0.0158 e. The molecule has 1 N–H and O–H groups in total. The average Bonchev–Trinajstić information content (AvgIpc) is 1.82. The lowest BCUT2D eigenvalue weighted by Gasteiger charge is -2.21. The quantitative estimate of drug-likeness (QED) is 0.615. The van der Waals surface area contributed by atoms with Crippen molar-refractivity contribution in [3.63, 3.8) is 0 Å². The second-order valence-corrected chi connectivity index (χ2v) is 3.89. The van der Waals surface area contributed by atoms with E-state index in [0.717, 1.165) is 12.5 Å². The van der Waals surface area contributed by atoms with E-state index in [0.29, 0.717) is 6.04 Å². The third-order valence-corrected chi connectivity index (χ3v) is 1.52. The summed E-state index contributed by atoms with van der Waals surface area (Å²) in [5.74, 6) is 0.798. The Labute approximate surface area is 70.9 Å². The van der Waals surface area contributed by atoms with Gasteiger partial charge in [-0.2, -0.15) is 0 Å². The van der Waals surface area contributed by atoms with Gasteiger partial charge in [0, 0.05) is 19.6 Å². The Morgan fingerprint density at radius 3 is 2.09 bits per heavy atom. The van der Waals surface area contributed by atoms with Crippen LogP contribution in [0.5, 0.6) is 0 Å². The van der Waals surface area contributed by atoms with Gasteiger partial charge in [-0.05, 0) is 26.2 Å². The minimum atomic E-state index is 0.548. The number of hydrazine groups is 1. The van der Waals surface area contributed by atoms with Crippen LogP contribution in [0.3, 0.4) is 0 Å². The summed E-state index contributed by atoms with van der Waals surface area (Å²) in [5, 5.41) is 2.17. The lowest BCUT2D eigenvalue weighted by molar-refractivity contribution is 0.200. The zero-order valence-corrected chi connectivity index (χ0v) is 8.52. The van der Waals surface area contributed by atoms with Gasteiger partial charge in [-0.3, -0.25) is 5.43 Å². The number of rotatable bonds is 5. The van der Waals surface area contributed by atoms with E-state index in [4.69, 9.17) is 0 Å². The van der Waals surface area contributed by atoms with Crippen molar-refractivity contribution in [2.45, 2.75) is 40.2 Å². The van der Waals surface area contributed by atoms with Crippen molar-refractivity contribution in [2.24, 2.45) is 5.92 Å². The lowest BCUT2D eigenvalue weighted by Crippen LogP contribution is -2.40. The molecule has 0 heterocycles. The van der Waals surface area contributed by atoms with Crippen LogP contribution in [-0.2, 0) is 0 Å². The molecule has 0 unspecified atom stereocenters. The average molecular weight is 158 g/mol. The second-order valence-electron chi connectivity index (χ2n) is 3.89. The second kappa shape index (κ2) is 5.56. The fraction of sp³-hybridized carbons (Fsp3) is 1.00.